The molecule has 1 heterocycles. The molecule has 142 valence electrons. The fourth-order valence-electron chi connectivity index (χ4n) is 2.87. The van der Waals surface area contributed by atoms with E-state index < -0.39 is 11.6 Å². The zero-order chi connectivity index (χ0) is 19.5. The Bertz CT molecular complexity index is 761. The van der Waals surface area contributed by atoms with E-state index in [4.69, 9.17) is 14.5 Å². The molecule has 0 spiro atoms. The first-order valence-corrected chi connectivity index (χ1v) is 9.31. The number of benzene rings is 2. The van der Waals surface area contributed by atoms with Crippen LogP contribution in [-0.2, 0) is 14.3 Å². The molecule has 0 unspecified atom stereocenters. The first-order valence-electron chi connectivity index (χ1n) is 9.31. The number of hydrogen-bond donors (Lipinski definition) is 0. The largest absolute Gasteiger partial charge is 0.458 e. The average Bonchev–Trinajstić information content (AvgIpc) is 3.36. The smallest absolute Gasteiger partial charge is 0.331 e. The molecule has 4 heteroatoms. The van der Waals surface area contributed by atoms with Crippen molar-refractivity contribution < 1.29 is 14.3 Å². The zero-order valence-electron chi connectivity index (χ0n) is 16.4. The summed E-state index contributed by atoms with van der Waals surface area (Å²) in [7, 11) is 0. The number of epoxide rings is 1. The van der Waals surface area contributed by atoms with Crippen LogP contribution >= 0.6 is 0 Å². The van der Waals surface area contributed by atoms with Gasteiger partial charge in [-0.05, 0) is 27.7 Å². The lowest BCUT2D eigenvalue weighted by Gasteiger charge is -2.24. The molecule has 0 amide bonds. The molecule has 3 rings (SSSR count). The SMILES string of the molecule is CC(C)(C)OC(=O)[C@@H](C[C@@]1(C)CO1)N=C(c1ccccc1)c1ccccc1. The molecule has 0 saturated carbocycles. The second-order valence-electron chi connectivity index (χ2n) is 8.20. The standard InChI is InChI=1S/C23H27NO3/c1-22(2,3)27-21(25)19(15-23(4)16-26-23)24-20(17-11-7-5-8-12-17)18-13-9-6-10-14-18/h5-14,19H,15-16H2,1-4H3/t19-,23+/m1/s1. The van der Waals surface area contributed by atoms with E-state index in [1.807, 2.05) is 88.4 Å². The Morgan fingerprint density at radius 3 is 1.96 bits per heavy atom. The number of ether oxygens (including phenoxy) is 2. The number of nitrogens with zero attached hydrogens (tertiary/aromatic N) is 1. The van der Waals surface area contributed by atoms with Crippen molar-refractivity contribution in [3.8, 4) is 0 Å². The molecule has 1 saturated heterocycles. The highest BCUT2D eigenvalue weighted by Crippen LogP contribution is 2.33. The van der Waals surface area contributed by atoms with Crippen LogP contribution < -0.4 is 0 Å². The summed E-state index contributed by atoms with van der Waals surface area (Å²) in [5.41, 5.74) is 1.87. The maximum atomic E-state index is 12.9. The molecule has 4 nitrogen and oxygen atoms in total. The lowest BCUT2D eigenvalue weighted by atomic mass is 9.99. The van der Waals surface area contributed by atoms with Gasteiger partial charge in [0.05, 0.1) is 17.9 Å². The van der Waals surface area contributed by atoms with Gasteiger partial charge in [0, 0.05) is 17.5 Å². The van der Waals surface area contributed by atoms with Gasteiger partial charge < -0.3 is 9.47 Å². The Balaban J connectivity index is 2.01. The normalized spacial score (nSPS) is 19.9. The summed E-state index contributed by atoms with van der Waals surface area (Å²) in [6.07, 6.45) is 0.505. The third-order valence-electron chi connectivity index (χ3n) is 4.32. The molecule has 0 N–H and O–H groups in total. The van der Waals surface area contributed by atoms with Crippen LogP contribution in [-0.4, -0.2) is 35.5 Å². The minimum atomic E-state index is -0.618. The van der Waals surface area contributed by atoms with Crippen LogP contribution in [0.15, 0.2) is 65.7 Å². The van der Waals surface area contributed by atoms with Crippen LogP contribution in [0.2, 0.25) is 0 Å². The van der Waals surface area contributed by atoms with Gasteiger partial charge in [-0.2, -0.15) is 0 Å². The molecule has 0 aliphatic carbocycles. The molecule has 0 radical (unpaired) electrons. The van der Waals surface area contributed by atoms with Crippen LogP contribution in [0.25, 0.3) is 0 Å². The van der Waals surface area contributed by atoms with Crippen molar-refractivity contribution in [2.75, 3.05) is 6.61 Å². The molecule has 2 aromatic carbocycles. The minimum Gasteiger partial charge on any atom is -0.458 e. The summed E-state index contributed by atoms with van der Waals surface area (Å²) in [6, 6.07) is 19.2. The van der Waals surface area contributed by atoms with E-state index in [1.54, 1.807) is 0 Å². The van der Waals surface area contributed by atoms with Crippen LogP contribution in [0.5, 0.6) is 0 Å². The third kappa shape index (κ3) is 5.51. The van der Waals surface area contributed by atoms with Gasteiger partial charge >= 0.3 is 5.97 Å². The summed E-state index contributed by atoms with van der Waals surface area (Å²) in [6.45, 7) is 8.27. The third-order valence-corrected chi connectivity index (χ3v) is 4.32. The number of carbonyl (C=O) groups excluding carboxylic acids is 1. The summed E-state index contributed by atoms with van der Waals surface area (Å²) in [5.74, 6) is -0.316. The molecule has 1 fully saturated rings. The lowest BCUT2D eigenvalue weighted by Crippen LogP contribution is -2.34. The Hall–Kier alpha value is -2.46. The first kappa shape index (κ1) is 19.3. The van der Waals surface area contributed by atoms with Crippen molar-refractivity contribution in [3.63, 3.8) is 0 Å². The van der Waals surface area contributed by atoms with Gasteiger partial charge in [-0.25, -0.2) is 4.79 Å². The van der Waals surface area contributed by atoms with Crippen LogP contribution in [0, 0.1) is 0 Å². The molecule has 0 bridgehead atoms. The van der Waals surface area contributed by atoms with Crippen molar-refractivity contribution in [2.45, 2.75) is 51.4 Å². The van der Waals surface area contributed by atoms with Crippen molar-refractivity contribution in [1.82, 2.24) is 0 Å². The summed E-state index contributed by atoms with van der Waals surface area (Å²) >= 11 is 0. The first-order chi connectivity index (χ1) is 12.8. The Morgan fingerprint density at radius 1 is 1.07 bits per heavy atom. The van der Waals surface area contributed by atoms with Gasteiger partial charge in [0.2, 0.25) is 0 Å². The monoisotopic (exact) mass is 365 g/mol. The van der Waals surface area contributed by atoms with Crippen molar-refractivity contribution in [1.29, 1.82) is 0 Å². The molecule has 1 aliphatic rings. The predicted octanol–water partition coefficient (Wildman–Crippen LogP) is 4.41. The number of aliphatic imine (C=N–C) groups is 1. The van der Waals surface area contributed by atoms with Crippen molar-refractivity contribution >= 4 is 11.7 Å². The molecule has 2 aromatic rings. The van der Waals surface area contributed by atoms with Gasteiger partial charge in [-0.3, -0.25) is 4.99 Å². The molecule has 1 aliphatic heterocycles. The van der Waals surface area contributed by atoms with Crippen molar-refractivity contribution in [3.05, 3.63) is 71.8 Å². The van der Waals surface area contributed by atoms with Gasteiger partial charge in [-0.15, -0.1) is 0 Å². The fourth-order valence-corrected chi connectivity index (χ4v) is 2.87. The summed E-state index contributed by atoms with van der Waals surface area (Å²) in [4.78, 5) is 17.8. The summed E-state index contributed by atoms with van der Waals surface area (Å²) < 4.78 is 11.2. The number of esters is 1. The van der Waals surface area contributed by atoms with Crippen LogP contribution in [0.3, 0.4) is 0 Å². The summed E-state index contributed by atoms with van der Waals surface area (Å²) in [5, 5.41) is 0. The highest BCUT2D eigenvalue weighted by molar-refractivity contribution is 6.13. The fraction of sp³-hybridized carbons (Fsp3) is 0.391. The topological polar surface area (TPSA) is 51.2 Å². The quantitative estimate of drug-likeness (QED) is 0.433. The molecule has 2 atom stereocenters. The van der Waals surface area contributed by atoms with E-state index in [1.165, 1.54) is 0 Å². The van der Waals surface area contributed by atoms with Gasteiger partial charge in [0.15, 0.2) is 6.04 Å². The number of hydrogen-bond acceptors (Lipinski definition) is 4. The second-order valence-corrected chi connectivity index (χ2v) is 8.20. The van der Waals surface area contributed by atoms with Gasteiger partial charge in [0.25, 0.3) is 0 Å². The highest BCUT2D eigenvalue weighted by atomic mass is 16.6. The maximum Gasteiger partial charge on any atom is 0.331 e. The molecule has 27 heavy (non-hydrogen) atoms. The predicted molar refractivity (Wildman–Crippen MR) is 107 cm³/mol. The minimum absolute atomic E-state index is 0.302. The Kier molecular flexibility index (Phi) is 5.47. The van der Waals surface area contributed by atoms with E-state index >= 15 is 0 Å². The molecular weight excluding hydrogens is 338 g/mol. The van der Waals surface area contributed by atoms with Crippen LogP contribution in [0.1, 0.15) is 45.2 Å². The second kappa shape index (κ2) is 7.65. The molecular formula is C23H27NO3. The lowest BCUT2D eigenvalue weighted by molar-refractivity contribution is -0.156. The number of carbonyl (C=O) groups is 1. The van der Waals surface area contributed by atoms with E-state index in [0.29, 0.717) is 13.0 Å². The number of rotatable bonds is 6. The average molecular weight is 365 g/mol. The van der Waals surface area contributed by atoms with E-state index in [2.05, 4.69) is 0 Å². The van der Waals surface area contributed by atoms with E-state index in [9.17, 15) is 4.79 Å². The van der Waals surface area contributed by atoms with Gasteiger partial charge in [-0.1, -0.05) is 60.7 Å². The maximum absolute atomic E-state index is 12.9. The zero-order valence-corrected chi connectivity index (χ0v) is 16.4. The van der Waals surface area contributed by atoms with E-state index in [-0.39, 0.29) is 11.6 Å². The Morgan fingerprint density at radius 2 is 1.56 bits per heavy atom. The highest BCUT2D eigenvalue weighted by Gasteiger charge is 2.44. The molecule has 0 aromatic heterocycles. The van der Waals surface area contributed by atoms with E-state index in [0.717, 1.165) is 16.8 Å². The van der Waals surface area contributed by atoms with Crippen LogP contribution in [0.4, 0.5) is 0 Å². The Labute approximate surface area is 161 Å². The van der Waals surface area contributed by atoms with Crippen molar-refractivity contribution in [2.24, 2.45) is 4.99 Å². The van der Waals surface area contributed by atoms with Gasteiger partial charge in [0.1, 0.15) is 5.60 Å².